The van der Waals surface area contributed by atoms with Crippen LogP contribution in [0, 0.1) is 0 Å². The Kier molecular flexibility index (Phi) is 1.84. The van der Waals surface area contributed by atoms with Gasteiger partial charge < -0.3 is 0 Å². The van der Waals surface area contributed by atoms with Crippen molar-refractivity contribution in [3.05, 3.63) is 34.9 Å². The summed E-state index contributed by atoms with van der Waals surface area (Å²) >= 11 is 5.77. The van der Waals surface area contributed by atoms with Crippen molar-refractivity contribution in [2.75, 3.05) is 0 Å². The molecule has 0 aliphatic heterocycles. The molecule has 0 aromatic heterocycles. The summed E-state index contributed by atoms with van der Waals surface area (Å²) in [6, 6.07) is 7.43. The second-order valence-electron chi connectivity index (χ2n) is 3.46. The highest BCUT2D eigenvalue weighted by molar-refractivity contribution is 6.30. The lowest BCUT2D eigenvalue weighted by Crippen LogP contribution is -2.03. The van der Waals surface area contributed by atoms with Crippen LogP contribution in [0.25, 0.3) is 0 Å². The van der Waals surface area contributed by atoms with Gasteiger partial charge in [-0.3, -0.25) is 0 Å². The smallest absolute Gasteiger partial charge is 0.115 e. The molecule has 0 heterocycles. The van der Waals surface area contributed by atoms with Gasteiger partial charge in [0.25, 0.3) is 0 Å². The fraction of sp³-hybridized carbons (Fsp3) is 0.400. The molecule has 0 atom stereocenters. The lowest BCUT2D eigenvalue weighted by molar-refractivity contribution is 0.308. The van der Waals surface area contributed by atoms with E-state index in [9.17, 15) is 4.39 Å². The first-order valence-electron chi connectivity index (χ1n) is 4.11. The average Bonchev–Trinajstić information content (AvgIpc) is 2.67. The highest BCUT2D eigenvalue weighted by Gasteiger charge is 2.42. The Hall–Kier alpha value is -0.560. The second-order valence-corrected chi connectivity index (χ2v) is 3.89. The molecule has 1 aromatic rings. The molecule has 1 aromatic carbocycles. The fourth-order valence-electron chi connectivity index (χ4n) is 1.33. The molecule has 1 saturated carbocycles. The van der Waals surface area contributed by atoms with E-state index in [4.69, 9.17) is 11.6 Å². The van der Waals surface area contributed by atoms with Crippen LogP contribution >= 0.6 is 11.6 Å². The SMILES string of the molecule is FC1(Cc2cccc(Cl)c2)CC1. The summed E-state index contributed by atoms with van der Waals surface area (Å²) in [6.07, 6.45) is 1.94. The molecule has 2 rings (SSSR count). The molecule has 0 N–H and O–H groups in total. The minimum Gasteiger partial charge on any atom is -0.244 e. The van der Waals surface area contributed by atoms with Gasteiger partial charge in [-0.1, -0.05) is 23.7 Å². The summed E-state index contributed by atoms with van der Waals surface area (Å²) in [6.45, 7) is 0. The topological polar surface area (TPSA) is 0 Å². The number of halogens is 2. The van der Waals surface area contributed by atoms with Crippen LogP contribution in [0.4, 0.5) is 4.39 Å². The van der Waals surface area contributed by atoms with Gasteiger partial charge in [-0.05, 0) is 30.5 Å². The van der Waals surface area contributed by atoms with Crippen molar-refractivity contribution in [3.8, 4) is 0 Å². The van der Waals surface area contributed by atoms with E-state index < -0.39 is 5.67 Å². The van der Waals surface area contributed by atoms with E-state index in [0.29, 0.717) is 24.3 Å². The summed E-state index contributed by atoms with van der Waals surface area (Å²) in [4.78, 5) is 0. The van der Waals surface area contributed by atoms with Gasteiger partial charge in [0.05, 0.1) is 0 Å². The zero-order chi connectivity index (χ0) is 8.60. The molecule has 0 amide bonds. The maximum atomic E-state index is 13.3. The van der Waals surface area contributed by atoms with Crippen LogP contribution in [0.1, 0.15) is 18.4 Å². The van der Waals surface area contributed by atoms with Gasteiger partial charge in [-0.2, -0.15) is 0 Å². The molecule has 2 heteroatoms. The Morgan fingerprint density at radius 3 is 2.75 bits per heavy atom. The van der Waals surface area contributed by atoms with Crippen LogP contribution in [-0.2, 0) is 6.42 Å². The highest BCUT2D eigenvalue weighted by Crippen LogP contribution is 2.42. The first-order valence-corrected chi connectivity index (χ1v) is 4.49. The second kappa shape index (κ2) is 2.74. The van der Waals surface area contributed by atoms with Gasteiger partial charge in [-0.15, -0.1) is 0 Å². The van der Waals surface area contributed by atoms with Gasteiger partial charge in [0.2, 0.25) is 0 Å². The van der Waals surface area contributed by atoms with Crippen LogP contribution in [0.3, 0.4) is 0 Å². The number of benzene rings is 1. The van der Waals surface area contributed by atoms with Gasteiger partial charge in [-0.25, -0.2) is 4.39 Å². The van der Waals surface area contributed by atoms with Crippen molar-refractivity contribution in [2.24, 2.45) is 0 Å². The Morgan fingerprint density at radius 1 is 1.42 bits per heavy atom. The fourth-order valence-corrected chi connectivity index (χ4v) is 1.54. The molecule has 1 aliphatic rings. The standard InChI is InChI=1S/C10H10ClF/c11-9-3-1-2-8(6-9)7-10(12)4-5-10/h1-3,6H,4-5,7H2. The Balaban J connectivity index is 2.12. The average molecular weight is 185 g/mol. The molecule has 0 spiro atoms. The molecule has 64 valence electrons. The largest absolute Gasteiger partial charge is 0.244 e. The van der Waals surface area contributed by atoms with Gasteiger partial charge in [0, 0.05) is 11.4 Å². The molecular formula is C10H10ClF. The minimum absolute atomic E-state index is 0.521. The van der Waals surface area contributed by atoms with E-state index in [0.717, 1.165) is 5.56 Å². The van der Waals surface area contributed by atoms with Crippen LogP contribution in [-0.4, -0.2) is 5.67 Å². The van der Waals surface area contributed by atoms with E-state index in [1.54, 1.807) is 0 Å². The summed E-state index contributed by atoms with van der Waals surface area (Å²) < 4.78 is 13.3. The molecule has 12 heavy (non-hydrogen) atoms. The summed E-state index contributed by atoms with van der Waals surface area (Å²) in [7, 11) is 0. The summed E-state index contributed by atoms with van der Waals surface area (Å²) in [5.74, 6) is 0. The first kappa shape index (κ1) is 8.06. The number of hydrogen-bond acceptors (Lipinski definition) is 0. The highest BCUT2D eigenvalue weighted by atomic mass is 35.5. The molecular weight excluding hydrogens is 175 g/mol. The molecule has 0 radical (unpaired) electrons. The van der Waals surface area contributed by atoms with E-state index in [-0.39, 0.29) is 0 Å². The molecule has 0 unspecified atom stereocenters. The summed E-state index contributed by atoms with van der Waals surface area (Å²) in [5, 5.41) is 0.691. The number of hydrogen-bond donors (Lipinski definition) is 0. The van der Waals surface area contributed by atoms with Crippen molar-refractivity contribution in [1.29, 1.82) is 0 Å². The quantitative estimate of drug-likeness (QED) is 0.661. The Bertz CT molecular complexity index is 292. The third kappa shape index (κ3) is 1.78. The van der Waals surface area contributed by atoms with Crippen molar-refractivity contribution < 1.29 is 4.39 Å². The van der Waals surface area contributed by atoms with E-state index in [1.165, 1.54) is 0 Å². The lowest BCUT2D eigenvalue weighted by Gasteiger charge is -2.04. The maximum Gasteiger partial charge on any atom is 0.115 e. The van der Waals surface area contributed by atoms with Crippen LogP contribution in [0.5, 0.6) is 0 Å². The molecule has 1 fully saturated rings. The maximum absolute atomic E-state index is 13.3. The third-order valence-corrected chi connectivity index (χ3v) is 2.44. The van der Waals surface area contributed by atoms with E-state index in [1.807, 2.05) is 24.3 Å². The van der Waals surface area contributed by atoms with Crippen molar-refractivity contribution in [2.45, 2.75) is 24.9 Å². The van der Waals surface area contributed by atoms with Gasteiger partial charge in [0.1, 0.15) is 5.67 Å². The Labute approximate surface area is 76.4 Å². The third-order valence-electron chi connectivity index (χ3n) is 2.20. The van der Waals surface area contributed by atoms with Gasteiger partial charge >= 0.3 is 0 Å². The minimum atomic E-state index is -0.912. The number of alkyl halides is 1. The molecule has 1 aliphatic carbocycles. The lowest BCUT2D eigenvalue weighted by atomic mass is 10.1. The van der Waals surface area contributed by atoms with Crippen LogP contribution < -0.4 is 0 Å². The first-order chi connectivity index (χ1) is 5.68. The molecule has 0 saturated heterocycles. The van der Waals surface area contributed by atoms with Crippen molar-refractivity contribution >= 4 is 11.6 Å². The van der Waals surface area contributed by atoms with E-state index in [2.05, 4.69) is 0 Å². The Morgan fingerprint density at radius 2 is 2.17 bits per heavy atom. The van der Waals surface area contributed by atoms with Crippen LogP contribution in [0.2, 0.25) is 5.02 Å². The zero-order valence-corrected chi connectivity index (χ0v) is 7.44. The molecule has 0 nitrogen and oxygen atoms in total. The predicted molar refractivity (Wildman–Crippen MR) is 48.2 cm³/mol. The zero-order valence-electron chi connectivity index (χ0n) is 6.69. The summed E-state index contributed by atoms with van der Waals surface area (Å²) in [5.41, 5.74) is 0.0903. The van der Waals surface area contributed by atoms with E-state index >= 15 is 0 Å². The monoisotopic (exact) mass is 184 g/mol. The van der Waals surface area contributed by atoms with Crippen LogP contribution in [0.15, 0.2) is 24.3 Å². The van der Waals surface area contributed by atoms with Crippen molar-refractivity contribution in [1.82, 2.24) is 0 Å². The normalized spacial score (nSPS) is 19.2. The molecule has 0 bridgehead atoms. The van der Waals surface area contributed by atoms with Crippen molar-refractivity contribution in [3.63, 3.8) is 0 Å². The van der Waals surface area contributed by atoms with Gasteiger partial charge in [0.15, 0.2) is 0 Å². The predicted octanol–water partition coefficient (Wildman–Crippen LogP) is 3.38. The number of rotatable bonds is 2.